The quantitative estimate of drug-likeness (QED) is 0.896. The Kier molecular flexibility index (Phi) is 7.69. The molecule has 1 aliphatic rings. The zero-order valence-electron chi connectivity index (χ0n) is 12.2. The van der Waals surface area contributed by atoms with Crippen molar-refractivity contribution in [2.24, 2.45) is 0 Å². The zero-order valence-corrected chi connectivity index (χ0v) is 12.2. The monoisotopic (exact) mass is 281 g/mol. The van der Waals surface area contributed by atoms with E-state index in [-0.39, 0.29) is 5.56 Å². The first-order valence-corrected chi connectivity index (χ1v) is 7.02. The second-order valence-corrected chi connectivity index (χ2v) is 4.13. The summed E-state index contributed by atoms with van der Waals surface area (Å²) < 4.78 is 10.8. The number of nitrogens with zero attached hydrogens (tertiary/aromatic N) is 1. The molecule has 1 heterocycles. The molecule has 1 N–H and O–H groups in total. The van der Waals surface area contributed by atoms with Gasteiger partial charge in [0.15, 0.2) is 0 Å². The molecule has 2 rings (SSSR count). The minimum Gasteiger partial charge on any atom is -0.492 e. The summed E-state index contributed by atoms with van der Waals surface area (Å²) in [5.74, 6) is -0.219. The average Bonchev–Trinajstić information content (AvgIpc) is 2.51. The van der Waals surface area contributed by atoms with Crippen LogP contribution in [0.2, 0.25) is 0 Å². The molecule has 1 aliphatic heterocycles. The fourth-order valence-corrected chi connectivity index (χ4v) is 1.81. The highest BCUT2D eigenvalue weighted by atomic mass is 16.5. The fraction of sp³-hybridized carbons (Fsp3) is 0.533. The van der Waals surface area contributed by atoms with Crippen LogP contribution in [0.4, 0.5) is 0 Å². The summed E-state index contributed by atoms with van der Waals surface area (Å²) in [5.41, 5.74) is 0.274. The predicted molar refractivity (Wildman–Crippen MR) is 77.5 cm³/mol. The van der Waals surface area contributed by atoms with Gasteiger partial charge in [-0.25, -0.2) is 4.79 Å². The van der Waals surface area contributed by atoms with Crippen LogP contribution in [0.5, 0.6) is 5.75 Å². The van der Waals surface area contributed by atoms with Crippen LogP contribution in [-0.2, 0) is 4.74 Å². The highest BCUT2D eigenvalue weighted by Crippen LogP contribution is 2.12. The number of morpholine rings is 1. The molecule has 5 heteroatoms. The molecule has 0 bridgehead atoms. The number of carbonyl (C=O) groups is 1. The van der Waals surface area contributed by atoms with Crippen molar-refractivity contribution in [3.8, 4) is 5.75 Å². The molecule has 0 unspecified atom stereocenters. The van der Waals surface area contributed by atoms with Gasteiger partial charge in [-0.1, -0.05) is 13.8 Å². The van der Waals surface area contributed by atoms with Gasteiger partial charge >= 0.3 is 5.97 Å². The van der Waals surface area contributed by atoms with Crippen molar-refractivity contribution < 1.29 is 19.4 Å². The number of hydrogen-bond donors (Lipinski definition) is 1. The second-order valence-electron chi connectivity index (χ2n) is 4.13. The SMILES string of the molecule is CC.O=C(O)c1ccc(OCCN2CCOCC2)cc1. The topological polar surface area (TPSA) is 59.0 Å². The summed E-state index contributed by atoms with van der Waals surface area (Å²) >= 11 is 0. The maximum Gasteiger partial charge on any atom is 0.335 e. The van der Waals surface area contributed by atoms with E-state index in [2.05, 4.69) is 4.90 Å². The molecule has 0 aliphatic carbocycles. The molecular weight excluding hydrogens is 258 g/mol. The molecule has 0 spiro atoms. The molecule has 0 aromatic heterocycles. The first-order valence-electron chi connectivity index (χ1n) is 7.02. The van der Waals surface area contributed by atoms with Crippen molar-refractivity contribution in [1.82, 2.24) is 4.90 Å². The van der Waals surface area contributed by atoms with E-state index in [0.717, 1.165) is 32.8 Å². The van der Waals surface area contributed by atoms with Gasteiger partial charge in [-0.05, 0) is 24.3 Å². The van der Waals surface area contributed by atoms with Crippen molar-refractivity contribution in [3.63, 3.8) is 0 Å². The van der Waals surface area contributed by atoms with E-state index >= 15 is 0 Å². The molecule has 112 valence electrons. The molecule has 5 nitrogen and oxygen atoms in total. The van der Waals surface area contributed by atoms with Crippen molar-refractivity contribution in [1.29, 1.82) is 0 Å². The Morgan fingerprint density at radius 2 is 1.85 bits per heavy atom. The Bertz CT molecular complexity index is 385. The third-order valence-corrected chi connectivity index (χ3v) is 2.88. The van der Waals surface area contributed by atoms with E-state index in [1.165, 1.54) is 0 Å². The van der Waals surface area contributed by atoms with E-state index in [0.29, 0.717) is 12.4 Å². The molecule has 0 amide bonds. The number of carboxylic acid groups (broad SMARTS) is 1. The number of carboxylic acids is 1. The van der Waals surface area contributed by atoms with Gasteiger partial charge in [0.25, 0.3) is 0 Å². The lowest BCUT2D eigenvalue weighted by molar-refractivity contribution is 0.0322. The largest absolute Gasteiger partial charge is 0.492 e. The van der Waals surface area contributed by atoms with Gasteiger partial charge in [0.05, 0.1) is 18.8 Å². The van der Waals surface area contributed by atoms with Crippen LogP contribution in [0.25, 0.3) is 0 Å². The first-order chi connectivity index (χ1) is 9.75. The first kappa shape index (κ1) is 16.5. The van der Waals surface area contributed by atoms with Gasteiger partial charge in [0, 0.05) is 19.6 Å². The summed E-state index contributed by atoms with van der Waals surface area (Å²) in [4.78, 5) is 13.0. The van der Waals surface area contributed by atoms with Gasteiger partial charge in [-0.3, -0.25) is 4.90 Å². The summed E-state index contributed by atoms with van der Waals surface area (Å²) in [6, 6.07) is 6.46. The van der Waals surface area contributed by atoms with Crippen LogP contribution < -0.4 is 4.74 Å². The van der Waals surface area contributed by atoms with Crippen molar-refractivity contribution in [3.05, 3.63) is 29.8 Å². The summed E-state index contributed by atoms with van der Waals surface area (Å²) in [6.07, 6.45) is 0. The Labute approximate surface area is 120 Å². The number of ether oxygens (including phenoxy) is 2. The van der Waals surface area contributed by atoms with Crippen molar-refractivity contribution in [2.75, 3.05) is 39.5 Å². The molecule has 1 aromatic rings. The van der Waals surface area contributed by atoms with Crippen molar-refractivity contribution in [2.45, 2.75) is 13.8 Å². The Morgan fingerprint density at radius 1 is 1.25 bits per heavy atom. The number of hydrogen-bond acceptors (Lipinski definition) is 4. The Balaban J connectivity index is 0.000000956. The third-order valence-electron chi connectivity index (χ3n) is 2.88. The van der Waals surface area contributed by atoms with Crippen LogP contribution in [0, 0.1) is 0 Å². The van der Waals surface area contributed by atoms with E-state index in [1.54, 1.807) is 24.3 Å². The standard InChI is InChI=1S/C13H17NO4.C2H6/c15-13(16)11-1-3-12(4-2-11)18-10-7-14-5-8-17-9-6-14;1-2/h1-4H,5-10H2,(H,15,16);1-2H3. The van der Waals surface area contributed by atoms with Crippen LogP contribution >= 0.6 is 0 Å². The predicted octanol–water partition coefficient (Wildman–Crippen LogP) is 2.12. The van der Waals surface area contributed by atoms with Crippen LogP contribution in [0.15, 0.2) is 24.3 Å². The molecular formula is C15H23NO4. The van der Waals surface area contributed by atoms with Crippen LogP contribution in [-0.4, -0.2) is 55.4 Å². The fourth-order valence-electron chi connectivity index (χ4n) is 1.81. The van der Waals surface area contributed by atoms with E-state index in [1.807, 2.05) is 13.8 Å². The van der Waals surface area contributed by atoms with Gasteiger partial charge in [-0.2, -0.15) is 0 Å². The molecule has 1 aromatic carbocycles. The maximum absolute atomic E-state index is 10.7. The van der Waals surface area contributed by atoms with Gasteiger partial charge < -0.3 is 14.6 Å². The lowest BCUT2D eigenvalue weighted by Gasteiger charge is -2.26. The number of rotatable bonds is 5. The highest BCUT2D eigenvalue weighted by molar-refractivity contribution is 5.87. The van der Waals surface area contributed by atoms with Crippen LogP contribution in [0.3, 0.4) is 0 Å². The molecule has 1 saturated heterocycles. The Morgan fingerprint density at radius 3 is 2.40 bits per heavy atom. The highest BCUT2D eigenvalue weighted by Gasteiger charge is 2.09. The zero-order chi connectivity index (χ0) is 14.8. The third kappa shape index (κ3) is 5.59. The van der Waals surface area contributed by atoms with E-state index in [4.69, 9.17) is 14.6 Å². The van der Waals surface area contributed by atoms with E-state index in [9.17, 15) is 4.79 Å². The minimum atomic E-state index is -0.921. The van der Waals surface area contributed by atoms with Gasteiger partial charge in [0.2, 0.25) is 0 Å². The number of benzene rings is 1. The molecule has 1 fully saturated rings. The van der Waals surface area contributed by atoms with Gasteiger partial charge in [-0.15, -0.1) is 0 Å². The maximum atomic E-state index is 10.7. The lowest BCUT2D eigenvalue weighted by atomic mass is 10.2. The average molecular weight is 281 g/mol. The molecule has 0 radical (unpaired) electrons. The smallest absolute Gasteiger partial charge is 0.335 e. The molecule has 20 heavy (non-hydrogen) atoms. The Hall–Kier alpha value is -1.59. The van der Waals surface area contributed by atoms with E-state index < -0.39 is 5.97 Å². The van der Waals surface area contributed by atoms with Crippen LogP contribution in [0.1, 0.15) is 24.2 Å². The molecule has 0 saturated carbocycles. The van der Waals surface area contributed by atoms with Crippen molar-refractivity contribution >= 4 is 5.97 Å². The molecule has 0 atom stereocenters. The second kappa shape index (κ2) is 9.34. The lowest BCUT2D eigenvalue weighted by Crippen LogP contribution is -2.38. The summed E-state index contributed by atoms with van der Waals surface area (Å²) in [5, 5.41) is 8.76. The normalized spacial score (nSPS) is 15.1. The minimum absolute atomic E-state index is 0.274. The number of aromatic carboxylic acids is 1. The summed E-state index contributed by atoms with van der Waals surface area (Å²) in [6.45, 7) is 8.93. The van der Waals surface area contributed by atoms with Gasteiger partial charge in [0.1, 0.15) is 12.4 Å². The summed E-state index contributed by atoms with van der Waals surface area (Å²) in [7, 11) is 0.